The zero-order valence-electron chi connectivity index (χ0n) is 20.6. The Balaban J connectivity index is 0.00000210. The van der Waals surface area contributed by atoms with Crippen LogP contribution in [0, 0.1) is 10.1 Å². The molecule has 1 aromatic carbocycles. The minimum absolute atomic E-state index is 0.0401. The number of rotatable bonds is 7. The molecular weight excluding hydrogens is 468 g/mol. The first-order valence-electron chi connectivity index (χ1n) is 11.5. The summed E-state index contributed by atoms with van der Waals surface area (Å²) in [4.78, 5) is 25.7. The summed E-state index contributed by atoms with van der Waals surface area (Å²) in [5.74, 6) is -0.285. The molecule has 1 N–H and O–H groups in total. The van der Waals surface area contributed by atoms with Crippen LogP contribution in [0.25, 0.3) is 0 Å². The number of amides is 1. The van der Waals surface area contributed by atoms with Gasteiger partial charge in [-0.25, -0.2) is 8.42 Å². The Morgan fingerprint density at radius 3 is 2.37 bits per heavy atom. The molecule has 1 heterocycles. The third-order valence-electron chi connectivity index (χ3n) is 6.22. The summed E-state index contributed by atoms with van der Waals surface area (Å²) >= 11 is 0. The average molecular weight is 503 g/mol. The van der Waals surface area contributed by atoms with Crippen molar-refractivity contribution in [2.45, 2.75) is 26.2 Å². The Labute approximate surface area is 207 Å². The quantitative estimate of drug-likeness (QED) is 0.348. The molecule has 0 bridgehead atoms. The van der Waals surface area contributed by atoms with E-state index in [1.807, 2.05) is 36.1 Å². The summed E-state index contributed by atoms with van der Waals surface area (Å²) in [5.41, 5.74) is 2.89. The SMILES string of the molecule is C=C.CCS(=O)(=O)N1CCN(C2=C([N+](=O)[O-])CC=C(C(C)c3ccccc3C(=O)NC)C=C2)CC1. The standard InChI is InChI=1S/C23H30N4O5S.C2H4/c1-4-33(31,32)26-15-13-25(14-16-26)21-11-9-18(10-12-22(21)27(29)30)17(2)19-7-5-6-8-20(19)23(28)24-3;1-2/h5-11,17H,4,12-16H2,1-3H3,(H,24,28);1-2H2. The summed E-state index contributed by atoms with van der Waals surface area (Å²) in [5, 5.41) is 14.5. The van der Waals surface area contributed by atoms with E-state index in [1.54, 1.807) is 32.2 Å². The molecule has 0 saturated carbocycles. The number of carbonyl (C=O) groups excluding carboxylic acids is 1. The average Bonchev–Trinajstić information content (AvgIpc) is 3.12. The van der Waals surface area contributed by atoms with Gasteiger partial charge in [-0.1, -0.05) is 37.3 Å². The molecule has 3 rings (SSSR count). The number of hydrogen-bond donors (Lipinski definition) is 1. The molecule has 1 amide bonds. The lowest BCUT2D eigenvalue weighted by Gasteiger charge is -2.35. The smallest absolute Gasteiger partial charge is 0.273 e. The summed E-state index contributed by atoms with van der Waals surface area (Å²) in [6.07, 6.45) is 5.60. The molecule has 1 aliphatic heterocycles. The van der Waals surface area contributed by atoms with Crippen molar-refractivity contribution in [3.63, 3.8) is 0 Å². The van der Waals surface area contributed by atoms with Crippen LogP contribution in [0.15, 0.2) is 72.6 Å². The Kier molecular flexibility index (Phi) is 9.97. The van der Waals surface area contributed by atoms with Gasteiger partial charge in [-0.2, -0.15) is 4.31 Å². The molecule has 0 spiro atoms. The number of nitrogens with zero attached hydrogens (tertiary/aromatic N) is 3. The largest absolute Gasteiger partial charge is 0.364 e. The number of benzene rings is 1. The predicted molar refractivity (Wildman–Crippen MR) is 138 cm³/mol. The van der Waals surface area contributed by atoms with Crippen LogP contribution >= 0.6 is 0 Å². The maximum atomic E-state index is 12.3. The van der Waals surface area contributed by atoms with Crippen molar-refractivity contribution in [3.8, 4) is 0 Å². The van der Waals surface area contributed by atoms with Crippen LogP contribution in [-0.2, 0) is 10.0 Å². The number of piperazine rings is 1. The van der Waals surface area contributed by atoms with Gasteiger partial charge in [0.1, 0.15) is 5.70 Å². The van der Waals surface area contributed by atoms with Crippen LogP contribution in [0.5, 0.6) is 0 Å². The summed E-state index contributed by atoms with van der Waals surface area (Å²) in [7, 11) is -1.70. The van der Waals surface area contributed by atoms with Crippen LogP contribution in [0.1, 0.15) is 42.1 Å². The number of allylic oxidation sites excluding steroid dienone is 4. The topological polar surface area (TPSA) is 113 Å². The minimum Gasteiger partial charge on any atom is -0.364 e. The van der Waals surface area contributed by atoms with Crippen molar-refractivity contribution in [2.75, 3.05) is 39.0 Å². The van der Waals surface area contributed by atoms with E-state index < -0.39 is 10.0 Å². The van der Waals surface area contributed by atoms with E-state index in [2.05, 4.69) is 18.5 Å². The van der Waals surface area contributed by atoms with Gasteiger partial charge in [0.15, 0.2) is 0 Å². The summed E-state index contributed by atoms with van der Waals surface area (Å²) in [6, 6.07) is 7.34. The van der Waals surface area contributed by atoms with Crippen LogP contribution in [0.3, 0.4) is 0 Å². The number of sulfonamides is 1. The van der Waals surface area contributed by atoms with E-state index in [4.69, 9.17) is 0 Å². The first-order valence-corrected chi connectivity index (χ1v) is 13.1. The fourth-order valence-electron chi connectivity index (χ4n) is 4.22. The lowest BCUT2D eigenvalue weighted by molar-refractivity contribution is -0.428. The Morgan fingerprint density at radius 1 is 1.17 bits per heavy atom. The van der Waals surface area contributed by atoms with Gasteiger partial charge >= 0.3 is 0 Å². The maximum Gasteiger partial charge on any atom is 0.273 e. The molecule has 0 aromatic heterocycles. The molecule has 1 fully saturated rings. The Morgan fingerprint density at radius 2 is 1.80 bits per heavy atom. The van der Waals surface area contributed by atoms with E-state index in [1.165, 1.54) is 4.31 Å². The van der Waals surface area contributed by atoms with Crippen molar-refractivity contribution in [1.82, 2.24) is 14.5 Å². The van der Waals surface area contributed by atoms with E-state index in [0.29, 0.717) is 37.4 Å². The van der Waals surface area contributed by atoms with Crippen LogP contribution in [0.4, 0.5) is 0 Å². The first-order chi connectivity index (χ1) is 16.7. The van der Waals surface area contributed by atoms with Gasteiger partial charge < -0.3 is 10.2 Å². The number of hydrogen-bond acceptors (Lipinski definition) is 6. The molecule has 1 atom stereocenters. The highest BCUT2D eigenvalue weighted by atomic mass is 32.2. The van der Waals surface area contributed by atoms with E-state index in [0.717, 1.165) is 11.1 Å². The third-order valence-corrected chi connectivity index (χ3v) is 8.10. The highest BCUT2D eigenvalue weighted by molar-refractivity contribution is 7.89. The molecule has 9 nitrogen and oxygen atoms in total. The molecule has 1 saturated heterocycles. The van der Waals surface area contributed by atoms with Crippen molar-refractivity contribution in [1.29, 1.82) is 0 Å². The van der Waals surface area contributed by atoms with Crippen LogP contribution in [0.2, 0.25) is 0 Å². The van der Waals surface area contributed by atoms with Crippen molar-refractivity contribution >= 4 is 15.9 Å². The normalized spacial score (nSPS) is 17.6. The summed E-state index contributed by atoms with van der Waals surface area (Å²) in [6.45, 7) is 11.0. The molecule has 2 aliphatic rings. The van der Waals surface area contributed by atoms with Crippen molar-refractivity contribution in [2.24, 2.45) is 0 Å². The van der Waals surface area contributed by atoms with Gasteiger partial charge in [-0.15, -0.1) is 13.2 Å². The van der Waals surface area contributed by atoms with Crippen LogP contribution in [-0.4, -0.2) is 67.4 Å². The molecule has 190 valence electrons. The Hall–Kier alpha value is -3.24. The second-order valence-electron chi connectivity index (χ2n) is 8.01. The second-order valence-corrected chi connectivity index (χ2v) is 10.3. The van der Waals surface area contributed by atoms with Gasteiger partial charge in [0.2, 0.25) is 10.0 Å². The zero-order chi connectivity index (χ0) is 26.2. The van der Waals surface area contributed by atoms with E-state index in [9.17, 15) is 23.3 Å². The first kappa shape index (κ1) is 28.0. The molecular formula is C25H34N4O5S. The third kappa shape index (κ3) is 6.46. The molecule has 1 unspecified atom stereocenters. The number of nitrogens with one attached hydrogen (secondary N) is 1. The Bertz CT molecular complexity index is 1130. The van der Waals surface area contributed by atoms with E-state index in [-0.39, 0.29) is 34.6 Å². The van der Waals surface area contributed by atoms with Crippen molar-refractivity contribution < 1.29 is 18.1 Å². The minimum atomic E-state index is -3.28. The zero-order valence-corrected chi connectivity index (χ0v) is 21.4. The molecule has 1 aromatic rings. The molecule has 10 heteroatoms. The maximum absolute atomic E-state index is 12.3. The van der Waals surface area contributed by atoms with Gasteiger partial charge in [-0.3, -0.25) is 14.9 Å². The fraction of sp³-hybridized carbons (Fsp3) is 0.400. The van der Waals surface area contributed by atoms with E-state index >= 15 is 0 Å². The van der Waals surface area contributed by atoms with Gasteiger partial charge in [0, 0.05) is 44.7 Å². The van der Waals surface area contributed by atoms with Gasteiger partial charge in [0.05, 0.1) is 17.1 Å². The van der Waals surface area contributed by atoms with Gasteiger partial charge in [-0.05, 0) is 30.2 Å². The number of nitro groups is 1. The second kappa shape index (κ2) is 12.5. The predicted octanol–water partition coefficient (Wildman–Crippen LogP) is 3.29. The van der Waals surface area contributed by atoms with Crippen LogP contribution < -0.4 is 5.32 Å². The van der Waals surface area contributed by atoms with Gasteiger partial charge in [0.25, 0.3) is 11.6 Å². The highest BCUT2D eigenvalue weighted by Gasteiger charge is 2.30. The number of carbonyl (C=O) groups is 1. The summed E-state index contributed by atoms with van der Waals surface area (Å²) < 4.78 is 25.7. The monoisotopic (exact) mass is 502 g/mol. The highest BCUT2D eigenvalue weighted by Crippen LogP contribution is 2.32. The lowest BCUT2D eigenvalue weighted by atomic mass is 9.88. The van der Waals surface area contributed by atoms with Crippen molar-refractivity contribution in [3.05, 3.63) is 93.9 Å². The molecule has 35 heavy (non-hydrogen) atoms. The lowest BCUT2D eigenvalue weighted by Crippen LogP contribution is -2.48. The fourth-order valence-corrected chi connectivity index (χ4v) is 5.31. The molecule has 1 aliphatic carbocycles. The molecule has 0 radical (unpaired) electrons.